The molecule has 0 aliphatic carbocycles. The molecule has 2 aromatic carbocycles. The molecule has 0 radical (unpaired) electrons. The van der Waals surface area contributed by atoms with E-state index < -0.39 is 5.82 Å². The minimum atomic E-state index is -0.484. The molecule has 0 aliphatic rings. The summed E-state index contributed by atoms with van der Waals surface area (Å²) >= 11 is 1.59. The van der Waals surface area contributed by atoms with Crippen LogP contribution in [0.4, 0.5) is 4.39 Å². The maximum Gasteiger partial charge on any atom is 0.254 e. The Morgan fingerprint density at radius 3 is 2.47 bits per heavy atom. The van der Waals surface area contributed by atoms with Gasteiger partial charge < -0.3 is 14.5 Å². The highest BCUT2D eigenvalue weighted by Gasteiger charge is 2.23. The van der Waals surface area contributed by atoms with Gasteiger partial charge in [0.05, 0.1) is 6.54 Å². The molecule has 0 saturated heterocycles. The van der Waals surface area contributed by atoms with Gasteiger partial charge in [-0.15, -0.1) is 11.3 Å². The summed E-state index contributed by atoms with van der Waals surface area (Å²) in [6.07, 6.45) is 0.578. The third kappa shape index (κ3) is 7.00. The standard InChI is InChI=1S/C25H27FN2O3S/c1-31-14-7-13-27(25(30)21-10-5-11-22(26)16-21)19-24(29)28(18-23-12-6-15-32-23)17-20-8-3-2-4-9-20/h2-6,8-12,15-16H,7,13-14,17-19H2,1H3. The van der Waals surface area contributed by atoms with E-state index in [0.29, 0.717) is 32.7 Å². The Morgan fingerprint density at radius 2 is 1.78 bits per heavy atom. The number of hydrogen-bond donors (Lipinski definition) is 0. The number of carbonyl (C=O) groups excluding carboxylic acids is 2. The molecule has 5 nitrogen and oxygen atoms in total. The summed E-state index contributed by atoms with van der Waals surface area (Å²) in [4.78, 5) is 30.7. The second-order valence-electron chi connectivity index (χ2n) is 7.40. The number of nitrogens with zero attached hydrogens (tertiary/aromatic N) is 2. The van der Waals surface area contributed by atoms with Crippen LogP contribution in [0.15, 0.2) is 72.1 Å². The van der Waals surface area contributed by atoms with Gasteiger partial charge in [-0.25, -0.2) is 4.39 Å². The molecule has 0 spiro atoms. The highest BCUT2D eigenvalue weighted by molar-refractivity contribution is 7.09. The van der Waals surface area contributed by atoms with E-state index in [9.17, 15) is 14.0 Å². The fourth-order valence-corrected chi connectivity index (χ4v) is 4.07. The number of thiophene rings is 1. The Hall–Kier alpha value is -3.03. The van der Waals surface area contributed by atoms with E-state index in [1.165, 1.54) is 23.1 Å². The predicted octanol–water partition coefficient (Wildman–Crippen LogP) is 4.59. The van der Waals surface area contributed by atoms with Crippen LogP contribution >= 0.6 is 11.3 Å². The van der Waals surface area contributed by atoms with Crippen LogP contribution in [0, 0.1) is 5.82 Å². The van der Waals surface area contributed by atoms with Gasteiger partial charge in [-0.1, -0.05) is 42.5 Å². The van der Waals surface area contributed by atoms with Crippen molar-refractivity contribution in [2.45, 2.75) is 19.5 Å². The zero-order valence-corrected chi connectivity index (χ0v) is 18.9. The second kappa shape index (κ2) is 12.1. The number of rotatable bonds is 11. The molecule has 0 aliphatic heterocycles. The summed E-state index contributed by atoms with van der Waals surface area (Å²) in [7, 11) is 1.59. The zero-order chi connectivity index (χ0) is 22.8. The third-order valence-electron chi connectivity index (χ3n) is 4.96. The van der Waals surface area contributed by atoms with Crippen molar-refractivity contribution < 1.29 is 18.7 Å². The van der Waals surface area contributed by atoms with Gasteiger partial charge in [-0.05, 0) is 41.6 Å². The first-order chi connectivity index (χ1) is 15.6. The molecule has 0 atom stereocenters. The minimum Gasteiger partial charge on any atom is -0.385 e. The fourth-order valence-electron chi connectivity index (χ4n) is 3.35. The van der Waals surface area contributed by atoms with E-state index in [4.69, 9.17) is 4.74 Å². The van der Waals surface area contributed by atoms with Crippen molar-refractivity contribution in [3.05, 3.63) is 93.9 Å². The Morgan fingerprint density at radius 1 is 0.969 bits per heavy atom. The summed E-state index contributed by atoms with van der Waals surface area (Å²) in [5.74, 6) is -1.02. The average molecular weight is 455 g/mol. The summed E-state index contributed by atoms with van der Waals surface area (Å²) in [5, 5.41) is 1.98. The normalized spacial score (nSPS) is 10.7. The number of hydrogen-bond acceptors (Lipinski definition) is 4. The van der Waals surface area contributed by atoms with Crippen LogP contribution < -0.4 is 0 Å². The predicted molar refractivity (Wildman–Crippen MR) is 124 cm³/mol. The average Bonchev–Trinajstić information content (AvgIpc) is 3.31. The molecule has 1 heterocycles. The molecule has 0 saturated carbocycles. The van der Waals surface area contributed by atoms with Gasteiger partial charge in [0.1, 0.15) is 12.4 Å². The monoisotopic (exact) mass is 454 g/mol. The van der Waals surface area contributed by atoms with Gasteiger partial charge in [0, 0.05) is 37.2 Å². The van der Waals surface area contributed by atoms with Crippen molar-refractivity contribution in [3.8, 4) is 0 Å². The molecule has 0 bridgehead atoms. The number of benzene rings is 2. The molecule has 0 N–H and O–H groups in total. The number of carbonyl (C=O) groups is 2. The van der Waals surface area contributed by atoms with E-state index in [2.05, 4.69) is 0 Å². The maximum atomic E-state index is 13.7. The van der Waals surface area contributed by atoms with Crippen LogP contribution in [0.2, 0.25) is 0 Å². The van der Waals surface area contributed by atoms with Crippen molar-refractivity contribution in [1.82, 2.24) is 9.80 Å². The summed E-state index contributed by atoms with van der Waals surface area (Å²) in [6.45, 7) is 1.62. The summed E-state index contributed by atoms with van der Waals surface area (Å²) in [5.41, 5.74) is 1.24. The van der Waals surface area contributed by atoms with Crippen LogP contribution in [-0.4, -0.2) is 48.4 Å². The number of halogens is 1. The molecule has 7 heteroatoms. The third-order valence-corrected chi connectivity index (χ3v) is 5.82. The Labute approximate surface area is 192 Å². The molecular weight excluding hydrogens is 427 g/mol. The van der Waals surface area contributed by atoms with Gasteiger partial charge in [0.25, 0.3) is 5.91 Å². The molecule has 32 heavy (non-hydrogen) atoms. The van der Waals surface area contributed by atoms with E-state index in [-0.39, 0.29) is 23.9 Å². The first-order valence-electron chi connectivity index (χ1n) is 10.4. The van der Waals surface area contributed by atoms with Crippen molar-refractivity contribution in [2.75, 3.05) is 26.8 Å². The van der Waals surface area contributed by atoms with Crippen molar-refractivity contribution in [2.24, 2.45) is 0 Å². The summed E-state index contributed by atoms with van der Waals surface area (Å²) in [6, 6.07) is 19.3. The molecule has 0 fully saturated rings. The van der Waals surface area contributed by atoms with Crippen LogP contribution in [0.3, 0.4) is 0 Å². The largest absolute Gasteiger partial charge is 0.385 e. The Balaban J connectivity index is 1.78. The highest BCUT2D eigenvalue weighted by Crippen LogP contribution is 2.16. The lowest BCUT2D eigenvalue weighted by molar-refractivity contribution is -0.133. The molecular formula is C25H27FN2O3S. The van der Waals surface area contributed by atoms with Crippen molar-refractivity contribution in [3.63, 3.8) is 0 Å². The van der Waals surface area contributed by atoms with Gasteiger partial charge in [0.15, 0.2) is 0 Å². The Kier molecular flexibility index (Phi) is 8.95. The molecule has 3 rings (SSSR count). The molecule has 0 unspecified atom stereocenters. The van der Waals surface area contributed by atoms with Gasteiger partial charge in [0.2, 0.25) is 5.91 Å². The minimum absolute atomic E-state index is 0.0860. The second-order valence-corrected chi connectivity index (χ2v) is 8.43. The topological polar surface area (TPSA) is 49.9 Å². The number of amides is 2. The fraction of sp³-hybridized carbons (Fsp3) is 0.280. The smallest absolute Gasteiger partial charge is 0.254 e. The van der Waals surface area contributed by atoms with Gasteiger partial charge in [-0.2, -0.15) is 0 Å². The first-order valence-corrected chi connectivity index (χ1v) is 11.3. The van der Waals surface area contributed by atoms with Crippen molar-refractivity contribution in [1.29, 1.82) is 0 Å². The van der Waals surface area contributed by atoms with E-state index in [1.807, 2.05) is 47.8 Å². The zero-order valence-electron chi connectivity index (χ0n) is 18.1. The number of methoxy groups -OCH3 is 1. The maximum absolute atomic E-state index is 13.7. The van der Waals surface area contributed by atoms with Crippen LogP contribution in [0.25, 0.3) is 0 Å². The quantitative estimate of drug-likeness (QED) is 0.398. The highest BCUT2D eigenvalue weighted by atomic mass is 32.1. The van der Waals surface area contributed by atoms with Crippen LogP contribution in [0.1, 0.15) is 27.2 Å². The van der Waals surface area contributed by atoms with Crippen LogP contribution in [-0.2, 0) is 22.6 Å². The van der Waals surface area contributed by atoms with Crippen molar-refractivity contribution >= 4 is 23.2 Å². The lowest BCUT2D eigenvalue weighted by Crippen LogP contribution is -2.43. The lowest BCUT2D eigenvalue weighted by Gasteiger charge is -2.28. The van der Waals surface area contributed by atoms with E-state index in [1.54, 1.807) is 29.4 Å². The van der Waals surface area contributed by atoms with Gasteiger partial charge >= 0.3 is 0 Å². The molecule has 2 amide bonds. The Bertz CT molecular complexity index is 995. The summed E-state index contributed by atoms with van der Waals surface area (Å²) < 4.78 is 18.8. The molecule has 1 aromatic heterocycles. The van der Waals surface area contributed by atoms with E-state index >= 15 is 0 Å². The number of ether oxygens (including phenoxy) is 1. The molecule has 168 valence electrons. The SMILES string of the molecule is COCCCN(CC(=O)N(Cc1ccccc1)Cc1cccs1)C(=O)c1cccc(F)c1. The first kappa shape index (κ1) is 23.6. The lowest BCUT2D eigenvalue weighted by atomic mass is 10.1. The molecule has 3 aromatic rings. The van der Waals surface area contributed by atoms with Crippen LogP contribution in [0.5, 0.6) is 0 Å². The van der Waals surface area contributed by atoms with Gasteiger partial charge in [-0.3, -0.25) is 9.59 Å². The van der Waals surface area contributed by atoms with E-state index in [0.717, 1.165) is 10.4 Å².